The number of hydrogen-bond acceptors (Lipinski definition) is 3. The van der Waals surface area contributed by atoms with Crippen molar-refractivity contribution in [2.75, 3.05) is 6.54 Å². The molecule has 2 N–H and O–H groups in total. The number of nitrogens with one attached hydrogen (secondary N) is 1. The van der Waals surface area contributed by atoms with Crippen LogP contribution in [-0.2, 0) is 13.5 Å². The van der Waals surface area contributed by atoms with Crippen molar-refractivity contribution in [2.45, 2.75) is 12.8 Å². The second-order valence-corrected chi connectivity index (χ2v) is 7.03. The topological polar surface area (TPSA) is 71.3 Å². The molecular formula is C20H18Cl2N2O3. The number of aromatic nitrogens is 1. The number of amides is 1. The third-order valence-electron chi connectivity index (χ3n) is 4.42. The number of aromatic hydroxyl groups is 1. The van der Waals surface area contributed by atoms with E-state index in [1.54, 1.807) is 43.4 Å². The van der Waals surface area contributed by atoms with Crippen molar-refractivity contribution in [1.82, 2.24) is 9.88 Å². The monoisotopic (exact) mass is 404 g/mol. The van der Waals surface area contributed by atoms with E-state index >= 15 is 0 Å². The van der Waals surface area contributed by atoms with E-state index in [2.05, 4.69) is 5.32 Å². The first kappa shape index (κ1) is 19.3. The van der Waals surface area contributed by atoms with Crippen LogP contribution in [0.15, 0.2) is 47.3 Å². The van der Waals surface area contributed by atoms with Crippen LogP contribution in [0.2, 0.25) is 10.0 Å². The van der Waals surface area contributed by atoms with Crippen molar-refractivity contribution in [3.63, 3.8) is 0 Å². The van der Waals surface area contributed by atoms with E-state index in [1.807, 2.05) is 6.07 Å². The largest absolute Gasteiger partial charge is 0.502 e. The summed E-state index contributed by atoms with van der Waals surface area (Å²) in [6, 6.07) is 12.4. The van der Waals surface area contributed by atoms with Gasteiger partial charge in [-0.2, -0.15) is 0 Å². The quantitative estimate of drug-likeness (QED) is 0.633. The zero-order valence-electron chi connectivity index (χ0n) is 14.6. The fourth-order valence-electron chi connectivity index (χ4n) is 2.99. The molecule has 0 unspecified atom stereocenters. The van der Waals surface area contributed by atoms with Crippen molar-refractivity contribution < 1.29 is 9.90 Å². The van der Waals surface area contributed by atoms with Crippen LogP contribution in [0.4, 0.5) is 0 Å². The lowest BCUT2D eigenvalue weighted by Gasteiger charge is -2.12. The number of aryl methyl sites for hydroxylation is 2. The average Bonchev–Trinajstić information content (AvgIpc) is 2.66. The highest BCUT2D eigenvalue weighted by Crippen LogP contribution is 2.24. The van der Waals surface area contributed by atoms with Gasteiger partial charge in [-0.3, -0.25) is 9.59 Å². The minimum absolute atomic E-state index is 0.00300. The van der Waals surface area contributed by atoms with Gasteiger partial charge in [0.05, 0.1) is 21.1 Å². The van der Waals surface area contributed by atoms with Crippen molar-refractivity contribution in [1.29, 1.82) is 0 Å². The number of pyridine rings is 1. The fraction of sp³-hybridized carbons (Fsp3) is 0.200. The summed E-state index contributed by atoms with van der Waals surface area (Å²) in [7, 11) is 1.56. The first-order valence-corrected chi connectivity index (χ1v) is 9.18. The molecule has 1 heterocycles. The summed E-state index contributed by atoms with van der Waals surface area (Å²) in [4.78, 5) is 24.8. The maximum atomic E-state index is 12.6. The van der Waals surface area contributed by atoms with Crippen LogP contribution in [0.1, 0.15) is 22.3 Å². The van der Waals surface area contributed by atoms with Gasteiger partial charge in [-0.15, -0.1) is 0 Å². The highest BCUT2D eigenvalue weighted by molar-refractivity contribution is 6.42. The van der Waals surface area contributed by atoms with Crippen molar-refractivity contribution >= 4 is 40.0 Å². The first-order chi connectivity index (χ1) is 12.9. The molecular weight excluding hydrogens is 387 g/mol. The Labute approximate surface area is 166 Å². The van der Waals surface area contributed by atoms with Crippen LogP contribution < -0.4 is 10.9 Å². The molecule has 0 fully saturated rings. The molecule has 0 atom stereocenters. The van der Waals surface area contributed by atoms with E-state index in [-0.39, 0.29) is 5.56 Å². The highest BCUT2D eigenvalue weighted by Gasteiger charge is 2.20. The maximum absolute atomic E-state index is 12.6. The van der Waals surface area contributed by atoms with Gasteiger partial charge in [0.15, 0.2) is 5.75 Å². The second-order valence-electron chi connectivity index (χ2n) is 6.21. The van der Waals surface area contributed by atoms with Gasteiger partial charge in [0.2, 0.25) is 0 Å². The third kappa shape index (κ3) is 3.94. The summed E-state index contributed by atoms with van der Waals surface area (Å²) >= 11 is 11.9. The summed E-state index contributed by atoms with van der Waals surface area (Å²) < 4.78 is 1.33. The second kappa shape index (κ2) is 8.03. The fourth-order valence-corrected chi connectivity index (χ4v) is 3.31. The van der Waals surface area contributed by atoms with Gasteiger partial charge in [-0.25, -0.2) is 0 Å². The smallest absolute Gasteiger partial charge is 0.293 e. The molecule has 0 aliphatic rings. The molecule has 0 aliphatic heterocycles. The molecule has 1 amide bonds. The predicted octanol–water partition coefficient (Wildman–Crippen LogP) is 3.91. The van der Waals surface area contributed by atoms with Crippen molar-refractivity contribution in [2.24, 2.45) is 7.05 Å². The van der Waals surface area contributed by atoms with Crippen LogP contribution in [-0.4, -0.2) is 22.1 Å². The number of fused-ring (bicyclic) bond motifs is 1. The summed E-state index contributed by atoms with van der Waals surface area (Å²) in [5.41, 5.74) is 1.000. The molecule has 3 aromatic rings. The minimum Gasteiger partial charge on any atom is -0.502 e. The van der Waals surface area contributed by atoms with Gasteiger partial charge in [-0.1, -0.05) is 47.5 Å². The number of nitrogens with zero attached hydrogens (tertiary/aromatic N) is 1. The first-order valence-electron chi connectivity index (χ1n) is 8.43. The number of halogens is 2. The number of carbonyl (C=O) groups is 1. The summed E-state index contributed by atoms with van der Waals surface area (Å²) in [6.07, 6.45) is 1.38. The standard InChI is InChI=1S/C20H18Cl2N2O3/c1-24-16-7-3-2-6-13(16)17(18(25)20(24)27)19(26)23-10-4-5-12-8-9-14(21)15(22)11-12/h2-3,6-9,11,25H,4-5,10H2,1H3,(H,23,26). The Morgan fingerprint density at radius 3 is 2.63 bits per heavy atom. The van der Waals surface area contributed by atoms with E-state index < -0.39 is 17.2 Å². The number of benzene rings is 2. The van der Waals surface area contributed by atoms with Crippen LogP contribution >= 0.6 is 23.2 Å². The Morgan fingerprint density at radius 1 is 1.15 bits per heavy atom. The Bertz CT molecular complexity index is 1080. The molecule has 0 aliphatic carbocycles. The van der Waals surface area contributed by atoms with Gasteiger partial charge in [0, 0.05) is 19.0 Å². The highest BCUT2D eigenvalue weighted by atomic mass is 35.5. The summed E-state index contributed by atoms with van der Waals surface area (Å²) in [5.74, 6) is -1.02. The lowest BCUT2D eigenvalue weighted by Crippen LogP contribution is -2.28. The third-order valence-corrected chi connectivity index (χ3v) is 5.16. The van der Waals surface area contributed by atoms with Gasteiger partial charge >= 0.3 is 0 Å². The molecule has 0 radical (unpaired) electrons. The normalized spacial score (nSPS) is 10.9. The van der Waals surface area contributed by atoms with Crippen LogP contribution in [0.5, 0.6) is 5.75 Å². The lowest BCUT2D eigenvalue weighted by molar-refractivity contribution is 0.0952. The van der Waals surface area contributed by atoms with E-state index in [4.69, 9.17) is 23.2 Å². The molecule has 0 saturated heterocycles. The van der Waals surface area contributed by atoms with E-state index in [0.717, 1.165) is 5.56 Å². The van der Waals surface area contributed by atoms with Crippen LogP contribution in [0.25, 0.3) is 10.9 Å². The molecule has 27 heavy (non-hydrogen) atoms. The Balaban J connectivity index is 1.73. The molecule has 0 saturated carbocycles. The molecule has 7 heteroatoms. The Hall–Kier alpha value is -2.50. The molecule has 0 bridgehead atoms. The van der Waals surface area contributed by atoms with Gasteiger partial charge in [0.25, 0.3) is 11.5 Å². The molecule has 3 rings (SSSR count). The van der Waals surface area contributed by atoms with E-state index in [1.165, 1.54) is 4.57 Å². The molecule has 2 aromatic carbocycles. The van der Waals surface area contributed by atoms with Gasteiger partial charge in [0.1, 0.15) is 0 Å². The minimum atomic E-state index is -0.602. The zero-order valence-corrected chi connectivity index (χ0v) is 16.1. The van der Waals surface area contributed by atoms with Crippen molar-refractivity contribution in [3.05, 3.63) is 74.0 Å². The number of hydrogen-bond donors (Lipinski definition) is 2. The van der Waals surface area contributed by atoms with E-state index in [0.29, 0.717) is 40.3 Å². The number of para-hydroxylation sites is 1. The Morgan fingerprint density at radius 2 is 1.89 bits per heavy atom. The zero-order chi connectivity index (χ0) is 19.6. The summed E-state index contributed by atoms with van der Waals surface area (Å²) in [5, 5.41) is 14.5. The number of carbonyl (C=O) groups excluding carboxylic acids is 1. The lowest BCUT2D eigenvalue weighted by atomic mass is 10.1. The average molecular weight is 405 g/mol. The van der Waals surface area contributed by atoms with Crippen LogP contribution in [0, 0.1) is 0 Å². The van der Waals surface area contributed by atoms with Gasteiger partial charge in [-0.05, 0) is 36.6 Å². The number of rotatable bonds is 5. The molecule has 1 aromatic heterocycles. The van der Waals surface area contributed by atoms with Gasteiger partial charge < -0.3 is 15.0 Å². The van der Waals surface area contributed by atoms with E-state index in [9.17, 15) is 14.7 Å². The predicted molar refractivity (Wildman–Crippen MR) is 108 cm³/mol. The maximum Gasteiger partial charge on any atom is 0.293 e. The van der Waals surface area contributed by atoms with Crippen molar-refractivity contribution in [3.8, 4) is 5.75 Å². The SMILES string of the molecule is Cn1c(=O)c(O)c(C(=O)NCCCc2ccc(Cl)c(Cl)c2)c2ccccc21. The summed E-state index contributed by atoms with van der Waals surface area (Å²) in [6.45, 7) is 0.391. The molecule has 5 nitrogen and oxygen atoms in total. The van der Waals surface area contributed by atoms with Crippen LogP contribution in [0.3, 0.4) is 0 Å². The molecule has 0 spiro atoms. The molecule has 140 valence electrons. The Kier molecular flexibility index (Phi) is 5.73.